The van der Waals surface area contributed by atoms with Crippen molar-refractivity contribution in [2.75, 3.05) is 18.6 Å². The number of carbonyl (C=O) groups excluding carboxylic acids is 1. The molecule has 7 nitrogen and oxygen atoms in total. The second kappa shape index (κ2) is 10.2. The predicted octanol–water partition coefficient (Wildman–Crippen LogP) is 5.70. The first-order chi connectivity index (χ1) is 17.6. The summed E-state index contributed by atoms with van der Waals surface area (Å²) in [5.41, 5.74) is 3.11. The summed E-state index contributed by atoms with van der Waals surface area (Å²) in [6, 6.07) is 24.2. The van der Waals surface area contributed by atoms with Gasteiger partial charge >= 0.3 is 5.97 Å². The van der Waals surface area contributed by atoms with Crippen LogP contribution in [0.25, 0.3) is 11.3 Å². The number of carbonyl (C=O) groups is 1. The van der Waals surface area contributed by atoms with E-state index in [1.807, 2.05) is 78.6 Å². The number of anilines is 1. The Labute approximate surface area is 214 Å². The van der Waals surface area contributed by atoms with E-state index >= 15 is 0 Å². The quantitative estimate of drug-likeness (QED) is 0.256. The number of hydrogen-bond acceptors (Lipinski definition) is 6. The van der Waals surface area contributed by atoms with Gasteiger partial charge < -0.3 is 24.1 Å². The number of nitrogens with one attached hydrogen (secondary N) is 1. The number of aromatic nitrogens is 1. The Bertz CT molecular complexity index is 1350. The molecule has 36 heavy (non-hydrogen) atoms. The first kappa shape index (κ1) is 23.6. The van der Waals surface area contributed by atoms with Crippen LogP contribution < -0.4 is 15.0 Å². The topological polar surface area (TPSA) is 76.8 Å². The molecular formula is C28H25N3O4S. The van der Waals surface area contributed by atoms with E-state index in [2.05, 4.69) is 10.3 Å². The summed E-state index contributed by atoms with van der Waals surface area (Å²) in [7, 11) is 1.36. The molecular weight excluding hydrogens is 474 g/mol. The van der Waals surface area contributed by atoms with Crippen LogP contribution in [0.4, 0.5) is 5.69 Å². The molecule has 1 aliphatic heterocycles. The fourth-order valence-corrected chi connectivity index (χ4v) is 4.69. The number of furan rings is 1. The Balaban J connectivity index is 1.52. The summed E-state index contributed by atoms with van der Waals surface area (Å²) in [6.07, 6.45) is 1.77. The SMILES string of the molecule is CCOc1ccc(N2C(=S)N[C@@H](c3ccccn3)[C@H]2c2ccc(-c3ccc(C(=O)OC)cc3)o2)cc1. The molecule has 4 aromatic rings. The first-order valence-corrected chi connectivity index (χ1v) is 12.0. The molecule has 3 heterocycles. The lowest BCUT2D eigenvalue weighted by atomic mass is 10.0. The number of rotatable bonds is 7. The Morgan fingerprint density at radius 1 is 1.06 bits per heavy atom. The zero-order valence-corrected chi connectivity index (χ0v) is 20.7. The highest BCUT2D eigenvalue weighted by atomic mass is 32.1. The summed E-state index contributed by atoms with van der Waals surface area (Å²) in [6.45, 7) is 2.56. The Morgan fingerprint density at radius 3 is 2.50 bits per heavy atom. The molecule has 1 fully saturated rings. The molecule has 0 unspecified atom stereocenters. The number of ether oxygens (including phenoxy) is 2. The van der Waals surface area contributed by atoms with E-state index in [0.29, 0.717) is 23.0 Å². The molecule has 0 saturated carbocycles. The van der Waals surface area contributed by atoms with E-state index in [-0.39, 0.29) is 18.1 Å². The lowest BCUT2D eigenvalue weighted by Crippen LogP contribution is -2.29. The van der Waals surface area contributed by atoms with Crippen LogP contribution in [0, 0.1) is 0 Å². The van der Waals surface area contributed by atoms with E-state index in [1.165, 1.54) is 7.11 Å². The number of esters is 1. The van der Waals surface area contributed by atoms with Gasteiger partial charge in [-0.15, -0.1) is 0 Å². The number of hydrogen-bond donors (Lipinski definition) is 1. The lowest BCUT2D eigenvalue weighted by molar-refractivity contribution is 0.0600. The summed E-state index contributed by atoms with van der Waals surface area (Å²) in [4.78, 5) is 18.4. The number of benzene rings is 2. The maximum absolute atomic E-state index is 11.8. The van der Waals surface area contributed by atoms with E-state index in [9.17, 15) is 4.79 Å². The van der Waals surface area contributed by atoms with Crippen molar-refractivity contribution < 1.29 is 18.7 Å². The minimum absolute atomic E-state index is 0.217. The highest BCUT2D eigenvalue weighted by molar-refractivity contribution is 7.80. The normalized spacial score (nSPS) is 17.1. The molecule has 0 spiro atoms. The van der Waals surface area contributed by atoms with Gasteiger partial charge in [0.2, 0.25) is 0 Å². The second-order valence-electron chi connectivity index (χ2n) is 8.19. The third-order valence-corrected chi connectivity index (χ3v) is 6.35. The van der Waals surface area contributed by atoms with E-state index in [0.717, 1.165) is 28.5 Å². The van der Waals surface area contributed by atoms with E-state index in [4.69, 9.17) is 26.1 Å². The fourth-order valence-electron chi connectivity index (χ4n) is 4.35. The third-order valence-electron chi connectivity index (χ3n) is 6.03. The van der Waals surface area contributed by atoms with Crippen LogP contribution in [-0.4, -0.2) is 29.8 Å². The maximum Gasteiger partial charge on any atom is 0.337 e. The number of pyridine rings is 1. The molecule has 1 aliphatic rings. The van der Waals surface area contributed by atoms with Crippen LogP contribution in [0.3, 0.4) is 0 Å². The number of nitrogens with zero attached hydrogens (tertiary/aromatic N) is 2. The van der Waals surface area contributed by atoms with Crippen LogP contribution in [-0.2, 0) is 4.74 Å². The molecule has 2 aromatic heterocycles. The second-order valence-corrected chi connectivity index (χ2v) is 8.58. The van der Waals surface area contributed by atoms with Crippen molar-refractivity contribution in [2.45, 2.75) is 19.0 Å². The Hall–Kier alpha value is -4.17. The van der Waals surface area contributed by atoms with Gasteiger partial charge in [0.05, 0.1) is 31.0 Å². The summed E-state index contributed by atoms with van der Waals surface area (Å²) in [5.74, 6) is 1.84. The van der Waals surface area contributed by atoms with Crippen molar-refractivity contribution in [2.24, 2.45) is 0 Å². The maximum atomic E-state index is 11.8. The molecule has 0 radical (unpaired) electrons. The number of thiocarbonyl (C=S) groups is 1. The molecule has 2 aromatic carbocycles. The number of methoxy groups -OCH3 is 1. The molecule has 0 bridgehead atoms. The summed E-state index contributed by atoms with van der Waals surface area (Å²) >= 11 is 5.78. The molecule has 5 rings (SSSR count). The van der Waals surface area contributed by atoms with E-state index in [1.54, 1.807) is 18.3 Å². The monoisotopic (exact) mass is 499 g/mol. The Morgan fingerprint density at radius 2 is 1.83 bits per heavy atom. The van der Waals surface area contributed by atoms with Gasteiger partial charge in [0.25, 0.3) is 0 Å². The zero-order chi connectivity index (χ0) is 25.1. The van der Waals surface area contributed by atoms with Gasteiger partial charge in [0.15, 0.2) is 5.11 Å². The van der Waals surface area contributed by atoms with Crippen molar-refractivity contribution in [3.8, 4) is 17.1 Å². The molecule has 0 aliphatic carbocycles. The van der Waals surface area contributed by atoms with Gasteiger partial charge in [-0.05, 0) is 79.8 Å². The lowest BCUT2D eigenvalue weighted by Gasteiger charge is -2.26. The Kier molecular flexibility index (Phi) is 6.69. The van der Waals surface area contributed by atoms with E-state index < -0.39 is 0 Å². The first-order valence-electron chi connectivity index (χ1n) is 11.6. The van der Waals surface area contributed by atoms with Crippen molar-refractivity contribution in [3.05, 3.63) is 102 Å². The van der Waals surface area contributed by atoms with Gasteiger partial charge in [0.1, 0.15) is 23.3 Å². The van der Waals surface area contributed by atoms with Gasteiger partial charge in [-0.2, -0.15) is 0 Å². The predicted molar refractivity (Wildman–Crippen MR) is 141 cm³/mol. The molecule has 182 valence electrons. The summed E-state index contributed by atoms with van der Waals surface area (Å²) in [5, 5.41) is 4.02. The van der Waals surface area contributed by atoms with Crippen LogP contribution >= 0.6 is 12.2 Å². The molecule has 0 amide bonds. The van der Waals surface area contributed by atoms with Crippen LogP contribution in [0.1, 0.15) is 40.8 Å². The van der Waals surface area contributed by atoms with Gasteiger partial charge in [0, 0.05) is 17.4 Å². The standard InChI is InChI=1S/C28H25N3O4S/c1-3-34-21-13-11-20(12-14-21)31-26(25(30-28(31)36)22-6-4-5-17-29-22)24-16-15-23(35-24)18-7-9-19(10-8-18)27(32)33-2/h4-17,25-26H,3H2,1-2H3,(H,30,36)/t25-,26+/m0/s1. The molecule has 1 N–H and O–H groups in total. The van der Waals surface area contributed by atoms with Gasteiger partial charge in [-0.3, -0.25) is 4.98 Å². The summed E-state index contributed by atoms with van der Waals surface area (Å²) < 4.78 is 16.8. The third kappa shape index (κ3) is 4.55. The largest absolute Gasteiger partial charge is 0.494 e. The molecule has 1 saturated heterocycles. The van der Waals surface area contributed by atoms with Gasteiger partial charge in [-0.1, -0.05) is 18.2 Å². The minimum Gasteiger partial charge on any atom is -0.494 e. The average Bonchev–Trinajstić information content (AvgIpc) is 3.54. The molecule has 8 heteroatoms. The van der Waals surface area contributed by atoms with Crippen molar-refractivity contribution >= 4 is 29.0 Å². The zero-order valence-electron chi connectivity index (χ0n) is 19.9. The minimum atomic E-state index is -0.378. The fraction of sp³-hybridized carbons (Fsp3) is 0.179. The van der Waals surface area contributed by atoms with Crippen molar-refractivity contribution in [1.29, 1.82) is 0 Å². The van der Waals surface area contributed by atoms with Crippen molar-refractivity contribution in [1.82, 2.24) is 10.3 Å². The van der Waals surface area contributed by atoms with Gasteiger partial charge in [-0.25, -0.2) is 4.79 Å². The van der Waals surface area contributed by atoms with Crippen LogP contribution in [0.5, 0.6) is 5.75 Å². The highest BCUT2D eigenvalue weighted by Gasteiger charge is 2.42. The van der Waals surface area contributed by atoms with Crippen LogP contribution in [0.2, 0.25) is 0 Å². The smallest absolute Gasteiger partial charge is 0.337 e. The average molecular weight is 500 g/mol. The van der Waals surface area contributed by atoms with Crippen molar-refractivity contribution in [3.63, 3.8) is 0 Å². The van der Waals surface area contributed by atoms with Crippen LogP contribution in [0.15, 0.2) is 89.5 Å². The highest BCUT2D eigenvalue weighted by Crippen LogP contribution is 2.43. The molecule has 2 atom stereocenters.